The molecular formula is C21H23N3O4. The molecule has 7 nitrogen and oxygen atoms in total. The molecule has 0 aromatic heterocycles. The van der Waals surface area contributed by atoms with Gasteiger partial charge in [-0.15, -0.1) is 5.01 Å². The van der Waals surface area contributed by atoms with Crippen LogP contribution in [0, 0.1) is 0 Å². The summed E-state index contributed by atoms with van der Waals surface area (Å²) in [6.45, 7) is 1.72. The first-order valence-corrected chi connectivity index (χ1v) is 8.93. The number of carbonyl (C=O) groups excluding carboxylic acids is 2. The fraction of sp³-hybridized carbons (Fsp3) is 0.286. The summed E-state index contributed by atoms with van der Waals surface area (Å²) in [5, 5.41) is 7.72. The van der Waals surface area contributed by atoms with E-state index >= 15 is 0 Å². The Kier molecular flexibility index (Phi) is 5.63. The third kappa shape index (κ3) is 4.14. The van der Waals surface area contributed by atoms with Gasteiger partial charge in [0.05, 0.1) is 20.4 Å². The highest BCUT2D eigenvalue weighted by Crippen LogP contribution is 2.25. The highest BCUT2D eigenvalue weighted by Gasteiger charge is 2.47. The zero-order valence-electron chi connectivity index (χ0n) is 16.1. The first kappa shape index (κ1) is 19.4. The first-order chi connectivity index (χ1) is 13.4. The Balaban J connectivity index is 1.73. The van der Waals surface area contributed by atoms with Crippen LogP contribution in [0.25, 0.3) is 0 Å². The molecule has 0 aliphatic carbocycles. The summed E-state index contributed by atoms with van der Waals surface area (Å²) in [5.41, 5.74) is 0.766. The van der Waals surface area contributed by atoms with Crippen LogP contribution in [0.4, 0.5) is 4.79 Å². The molecule has 1 aliphatic rings. The van der Waals surface area contributed by atoms with Gasteiger partial charge in [0.2, 0.25) is 0 Å². The maximum Gasteiger partial charge on any atom is 0.346 e. The average Bonchev–Trinajstić information content (AvgIpc) is 2.93. The van der Waals surface area contributed by atoms with Crippen LogP contribution in [0.15, 0.2) is 53.6 Å². The summed E-state index contributed by atoms with van der Waals surface area (Å²) >= 11 is 0. The van der Waals surface area contributed by atoms with E-state index in [1.807, 2.05) is 30.3 Å². The minimum absolute atomic E-state index is 0.375. The van der Waals surface area contributed by atoms with Gasteiger partial charge in [-0.2, -0.15) is 5.10 Å². The Bertz CT molecular complexity index is 876. The summed E-state index contributed by atoms with van der Waals surface area (Å²) in [5.74, 6) is 0.802. The maximum absolute atomic E-state index is 12.8. The molecule has 1 N–H and O–H groups in total. The van der Waals surface area contributed by atoms with Crippen LogP contribution >= 0.6 is 0 Å². The van der Waals surface area contributed by atoms with Crippen molar-refractivity contribution < 1.29 is 19.1 Å². The third-order valence-corrected chi connectivity index (χ3v) is 4.69. The van der Waals surface area contributed by atoms with E-state index in [1.165, 1.54) is 6.21 Å². The second kappa shape index (κ2) is 8.12. The summed E-state index contributed by atoms with van der Waals surface area (Å²) in [6.07, 6.45) is 2.60. The topological polar surface area (TPSA) is 80.2 Å². The molecule has 0 saturated carbocycles. The van der Waals surface area contributed by atoms with Crippen LogP contribution in [-0.4, -0.2) is 42.9 Å². The van der Waals surface area contributed by atoms with Crippen molar-refractivity contribution in [3.63, 3.8) is 0 Å². The first-order valence-electron chi connectivity index (χ1n) is 8.93. The van der Waals surface area contributed by atoms with Crippen molar-refractivity contribution in [3.05, 3.63) is 59.7 Å². The van der Waals surface area contributed by atoms with Crippen molar-refractivity contribution >= 4 is 18.2 Å². The van der Waals surface area contributed by atoms with Crippen LogP contribution in [0.5, 0.6) is 11.5 Å². The Morgan fingerprint density at radius 1 is 1.07 bits per heavy atom. The van der Waals surface area contributed by atoms with Crippen molar-refractivity contribution in [2.75, 3.05) is 14.2 Å². The molecule has 146 valence electrons. The van der Waals surface area contributed by atoms with Crippen molar-refractivity contribution in [3.8, 4) is 11.5 Å². The van der Waals surface area contributed by atoms with Gasteiger partial charge in [-0.25, -0.2) is 4.79 Å². The molecule has 1 saturated heterocycles. The van der Waals surface area contributed by atoms with E-state index in [9.17, 15) is 9.59 Å². The van der Waals surface area contributed by atoms with Gasteiger partial charge in [-0.05, 0) is 37.5 Å². The standard InChI is InChI=1S/C21H23N3O4/c1-21(10-9-15-7-5-4-6-8-15)19(25)24(20(26)23-21)22-14-16-11-17(27-2)13-18(12-16)28-3/h4-8,11-14H,9-10H2,1-3H3,(H,23,26)/b22-14-/t21-/m1/s1. The Morgan fingerprint density at radius 2 is 1.71 bits per heavy atom. The summed E-state index contributed by atoms with van der Waals surface area (Å²) in [4.78, 5) is 25.1. The van der Waals surface area contributed by atoms with Gasteiger partial charge in [0.1, 0.15) is 17.0 Å². The quantitative estimate of drug-likeness (QED) is 0.591. The minimum Gasteiger partial charge on any atom is -0.497 e. The number of carbonyl (C=O) groups is 2. The number of rotatable bonds is 7. The van der Waals surface area contributed by atoms with Crippen molar-refractivity contribution in [2.24, 2.45) is 5.10 Å². The zero-order valence-corrected chi connectivity index (χ0v) is 16.1. The van der Waals surface area contributed by atoms with Gasteiger partial charge in [-0.1, -0.05) is 30.3 Å². The van der Waals surface area contributed by atoms with E-state index < -0.39 is 11.6 Å². The number of amides is 3. The second-order valence-corrected chi connectivity index (χ2v) is 6.76. The molecule has 7 heteroatoms. The predicted molar refractivity (Wildman–Crippen MR) is 106 cm³/mol. The molecule has 0 unspecified atom stereocenters. The minimum atomic E-state index is -0.990. The van der Waals surface area contributed by atoms with Crippen molar-refractivity contribution in [2.45, 2.75) is 25.3 Å². The van der Waals surface area contributed by atoms with Gasteiger partial charge >= 0.3 is 6.03 Å². The molecule has 3 amide bonds. The van der Waals surface area contributed by atoms with Gasteiger partial charge < -0.3 is 14.8 Å². The van der Waals surface area contributed by atoms with Gasteiger partial charge in [0.25, 0.3) is 5.91 Å². The van der Waals surface area contributed by atoms with E-state index in [4.69, 9.17) is 9.47 Å². The molecule has 28 heavy (non-hydrogen) atoms. The molecule has 1 fully saturated rings. The number of hydrazone groups is 1. The molecule has 3 rings (SSSR count). The number of ether oxygens (including phenoxy) is 2. The lowest BCUT2D eigenvalue weighted by Gasteiger charge is -2.20. The summed E-state index contributed by atoms with van der Waals surface area (Å²) < 4.78 is 10.4. The lowest BCUT2D eigenvalue weighted by atomic mass is 9.93. The number of aryl methyl sites for hydroxylation is 1. The summed E-state index contributed by atoms with van der Waals surface area (Å²) in [7, 11) is 3.09. The normalized spacial score (nSPS) is 19.2. The molecule has 1 aliphatic heterocycles. The van der Waals surface area contributed by atoms with Gasteiger partial charge in [0.15, 0.2) is 0 Å². The largest absolute Gasteiger partial charge is 0.497 e. The fourth-order valence-electron chi connectivity index (χ4n) is 3.01. The third-order valence-electron chi connectivity index (χ3n) is 4.69. The van der Waals surface area contributed by atoms with E-state index in [1.54, 1.807) is 39.3 Å². The van der Waals surface area contributed by atoms with E-state index in [-0.39, 0.29) is 5.91 Å². The van der Waals surface area contributed by atoms with E-state index in [0.29, 0.717) is 29.9 Å². The number of hydrogen-bond acceptors (Lipinski definition) is 5. The number of nitrogens with one attached hydrogen (secondary N) is 1. The molecule has 0 spiro atoms. The summed E-state index contributed by atoms with van der Waals surface area (Å²) in [6, 6.07) is 14.5. The predicted octanol–water partition coefficient (Wildman–Crippen LogP) is 2.98. The number of imide groups is 1. The van der Waals surface area contributed by atoms with Crippen LogP contribution in [0.1, 0.15) is 24.5 Å². The van der Waals surface area contributed by atoms with E-state index in [0.717, 1.165) is 10.6 Å². The van der Waals surface area contributed by atoms with E-state index in [2.05, 4.69) is 10.4 Å². The number of benzene rings is 2. The number of methoxy groups -OCH3 is 2. The zero-order chi connectivity index (χ0) is 20.1. The molecule has 2 aromatic rings. The monoisotopic (exact) mass is 381 g/mol. The molecule has 1 atom stereocenters. The van der Waals surface area contributed by atoms with Crippen LogP contribution in [0.2, 0.25) is 0 Å². The SMILES string of the molecule is COc1cc(/C=N\N2C(=O)N[C@](C)(CCc3ccccc3)C2=O)cc(OC)c1. The van der Waals surface area contributed by atoms with Gasteiger partial charge in [0, 0.05) is 11.6 Å². The van der Waals surface area contributed by atoms with Crippen molar-refractivity contribution in [1.29, 1.82) is 0 Å². The molecular weight excluding hydrogens is 358 g/mol. The van der Waals surface area contributed by atoms with Crippen LogP contribution in [0.3, 0.4) is 0 Å². The van der Waals surface area contributed by atoms with Gasteiger partial charge in [-0.3, -0.25) is 4.79 Å². The number of urea groups is 1. The Morgan fingerprint density at radius 3 is 2.32 bits per heavy atom. The fourth-order valence-corrected chi connectivity index (χ4v) is 3.01. The van der Waals surface area contributed by atoms with Crippen molar-refractivity contribution in [1.82, 2.24) is 10.3 Å². The maximum atomic E-state index is 12.8. The highest BCUT2D eigenvalue weighted by molar-refractivity contribution is 6.07. The molecule has 2 aromatic carbocycles. The average molecular weight is 381 g/mol. The number of hydrogen-bond donors (Lipinski definition) is 1. The molecule has 0 radical (unpaired) electrons. The van der Waals surface area contributed by atoms with Crippen LogP contribution in [-0.2, 0) is 11.2 Å². The lowest BCUT2D eigenvalue weighted by molar-refractivity contribution is -0.130. The second-order valence-electron chi connectivity index (χ2n) is 6.76. The Labute approximate surface area is 163 Å². The molecule has 0 bridgehead atoms. The number of nitrogens with zero attached hydrogens (tertiary/aromatic N) is 2. The highest BCUT2D eigenvalue weighted by atomic mass is 16.5. The lowest BCUT2D eigenvalue weighted by Crippen LogP contribution is -2.44. The molecule has 1 heterocycles. The van der Waals surface area contributed by atoms with Crippen LogP contribution < -0.4 is 14.8 Å². The Hall–Kier alpha value is -3.35. The smallest absolute Gasteiger partial charge is 0.346 e.